The van der Waals surface area contributed by atoms with Gasteiger partial charge in [0.15, 0.2) is 5.96 Å². The van der Waals surface area contributed by atoms with Crippen molar-refractivity contribution in [3.8, 4) is 0 Å². The molecule has 0 radical (unpaired) electrons. The summed E-state index contributed by atoms with van der Waals surface area (Å²) < 4.78 is 0. The van der Waals surface area contributed by atoms with Gasteiger partial charge in [0.05, 0.1) is 0 Å². The van der Waals surface area contributed by atoms with Crippen molar-refractivity contribution < 1.29 is 0 Å². The number of piperazine rings is 1. The van der Waals surface area contributed by atoms with E-state index in [1.54, 1.807) is 0 Å². The van der Waals surface area contributed by atoms with Crippen molar-refractivity contribution in [3.63, 3.8) is 0 Å². The molecule has 0 unspecified atom stereocenters. The fourth-order valence-corrected chi connectivity index (χ4v) is 3.59. The number of nitrogens with two attached hydrogens (primary N) is 1. The van der Waals surface area contributed by atoms with E-state index in [-0.39, 0.29) is 24.0 Å². The molecule has 6 heteroatoms. The predicted octanol–water partition coefficient (Wildman–Crippen LogP) is 2.75. The Balaban J connectivity index is 0.00000243. The average molecular weight is 471 g/mol. The van der Waals surface area contributed by atoms with Crippen LogP contribution in [-0.4, -0.2) is 56.7 Å². The molecule has 1 heterocycles. The summed E-state index contributed by atoms with van der Waals surface area (Å²) in [5, 5.41) is 3.27. The Labute approximate surface area is 175 Å². The minimum Gasteiger partial charge on any atom is -0.370 e. The molecule has 1 saturated heterocycles. The molecule has 0 amide bonds. The molecule has 5 nitrogen and oxygen atoms in total. The zero-order chi connectivity index (χ0) is 17.6. The SMILES string of the molecule is Cc1cccc(N2CCN(CCNC(N)=NCC3CCC3)CC2)c1C.I. The number of hydrogen-bond acceptors (Lipinski definition) is 3. The molecular formula is C20H34IN5. The zero-order valence-corrected chi connectivity index (χ0v) is 18.5. The molecule has 146 valence electrons. The molecule has 2 aliphatic rings. The van der Waals surface area contributed by atoms with E-state index >= 15 is 0 Å². The van der Waals surface area contributed by atoms with Crippen molar-refractivity contribution in [3.05, 3.63) is 29.3 Å². The average Bonchev–Trinajstić information content (AvgIpc) is 2.57. The third-order valence-electron chi connectivity index (χ3n) is 5.77. The van der Waals surface area contributed by atoms with Crippen LogP contribution in [0.4, 0.5) is 5.69 Å². The molecule has 2 fully saturated rings. The highest BCUT2D eigenvalue weighted by atomic mass is 127. The van der Waals surface area contributed by atoms with Gasteiger partial charge in [0.2, 0.25) is 0 Å². The van der Waals surface area contributed by atoms with Crippen LogP contribution in [0.15, 0.2) is 23.2 Å². The van der Waals surface area contributed by atoms with E-state index in [9.17, 15) is 0 Å². The maximum absolute atomic E-state index is 5.96. The van der Waals surface area contributed by atoms with Crippen LogP contribution in [0.5, 0.6) is 0 Å². The first kappa shape index (κ1) is 21.3. The third-order valence-corrected chi connectivity index (χ3v) is 5.77. The Bertz CT molecular complexity index is 592. The van der Waals surface area contributed by atoms with Crippen molar-refractivity contribution in [1.82, 2.24) is 10.2 Å². The minimum absolute atomic E-state index is 0. The van der Waals surface area contributed by atoms with Crippen LogP contribution in [0, 0.1) is 19.8 Å². The number of guanidine groups is 1. The smallest absolute Gasteiger partial charge is 0.188 e. The van der Waals surface area contributed by atoms with Gasteiger partial charge in [-0.25, -0.2) is 0 Å². The van der Waals surface area contributed by atoms with Gasteiger partial charge in [-0.1, -0.05) is 18.6 Å². The van der Waals surface area contributed by atoms with Crippen molar-refractivity contribution in [1.29, 1.82) is 0 Å². The quantitative estimate of drug-likeness (QED) is 0.381. The Kier molecular flexibility index (Phi) is 8.47. The zero-order valence-electron chi connectivity index (χ0n) is 16.2. The summed E-state index contributed by atoms with van der Waals surface area (Å²) in [6.45, 7) is 11.6. The molecule has 3 rings (SSSR count). The van der Waals surface area contributed by atoms with Gasteiger partial charge in [0.25, 0.3) is 0 Å². The summed E-state index contributed by atoms with van der Waals surface area (Å²) in [5.74, 6) is 1.39. The lowest BCUT2D eigenvalue weighted by atomic mass is 9.86. The number of rotatable bonds is 6. The monoisotopic (exact) mass is 471 g/mol. The van der Waals surface area contributed by atoms with Crippen LogP contribution in [0.2, 0.25) is 0 Å². The lowest BCUT2D eigenvalue weighted by molar-refractivity contribution is 0.261. The van der Waals surface area contributed by atoms with E-state index in [0.29, 0.717) is 5.96 Å². The largest absolute Gasteiger partial charge is 0.370 e. The van der Waals surface area contributed by atoms with Gasteiger partial charge < -0.3 is 16.0 Å². The second kappa shape index (κ2) is 10.3. The molecule has 0 bridgehead atoms. The first-order chi connectivity index (χ1) is 12.1. The maximum atomic E-state index is 5.96. The number of aryl methyl sites for hydroxylation is 1. The normalized spacial score (nSPS) is 19.0. The van der Waals surface area contributed by atoms with Crippen LogP contribution in [0.3, 0.4) is 0 Å². The summed E-state index contributed by atoms with van der Waals surface area (Å²) in [5.41, 5.74) is 10.1. The second-order valence-electron chi connectivity index (χ2n) is 7.50. The Hall–Kier alpha value is -1.02. The first-order valence-electron chi connectivity index (χ1n) is 9.71. The number of benzene rings is 1. The summed E-state index contributed by atoms with van der Waals surface area (Å²) in [6.07, 6.45) is 4.00. The van der Waals surface area contributed by atoms with Crippen molar-refractivity contribution in [2.45, 2.75) is 33.1 Å². The highest BCUT2D eigenvalue weighted by Crippen LogP contribution is 2.26. The molecule has 3 N–H and O–H groups in total. The Morgan fingerprint density at radius 3 is 2.58 bits per heavy atom. The van der Waals surface area contributed by atoms with E-state index in [2.05, 4.69) is 52.2 Å². The van der Waals surface area contributed by atoms with Gasteiger partial charge in [0, 0.05) is 51.5 Å². The number of hydrogen-bond donors (Lipinski definition) is 2. The standard InChI is InChI=1S/C20H33N5.HI/c1-16-5-3-8-19(17(16)2)25-13-11-24(12-14-25)10-9-22-20(21)23-15-18-6-4-7-18;/h3,5,8,18H,4,6-7,9-15H2,1-2H3,(H3,21,22,23);1H. The van der Waals surface area contributed by atoms with Gasteiger partial charge in [0.1, 0.15) is 0 Å². The molecule has 1 aliphatic carbocycles. The Morgan fingerprint density at radius 2 is 1.92 bits per heavy atom. The van der Waals surface area contributed by atoms with Gasteiger partial charge in [-0.15, -0.1) is 24.0 Å². The van der Waals surface area contributed by atoms with E-state index in [1.165, 1.54) is 36.1 Å². The summed E-state index contributed by atoms with van der Waals surface area (Å²) in [7, 11) is 0. The predicted molar refractivity (Wildman–Crippen MR) is 122 cm³/mol. The van der Waals surface area contributed by atoms with Crippen molar-refractivity contribution in [2.75, 3.05) is 50.7 Å². The maximum Gasteiger partial charge on any atom is 0.188 e. The minimum atomic E-state index is 0. The van der Waals surface area contributed by atoms with Gasteiger partial charge in [-0.2, -0.15) is 0 Å². The van der Waals surface area contributed by atoms with E-state index in [1.807, 2.05) is 0 Å². The van der Waals surface area contributed by atoms with Gasteiger partial charge >= 0.3 is 0 Å². The van der Waals surface area contributed by atoms with E-state index < -0.39 is 0 Å². The topological polar surface area (TPSA) is 56.9 Å². The molecule has 0 spiro atoms. The first-order valence-corrected chi connectivity index (χ1v) is 9.71. The molecule has 1 saturated carbocycles. The van der Waals surface area contributed by atoms with Crippen molar-refractivity contribution in [2.24, 2.45) is 16.6 Å². The van der Waals surface area contributed by atoms with Crippen LogP contribution < -0.4 is 16.0 Å². The van der Waals surface area contributed by atoms with Crippen LogP contribution in [0.25, 0.3) is 0 Å². The van der Waals surface area contributed by atoms with Gasteiger partial charge in [-0.05, 0) is 49.8 Å². The molecule has 0 atom stereocenters. The molecule has 1 aliphatic heterocycles. The van der Waals surface area contributed by atoms with Gasteiger partial charge in [-0.3, -0.25) is 9.89 Å². The summed E-state index contributed by atoms with van der Waals surface area (Å²) >= 11 is 0. The molecule has 1 aromatic carbocycles. The summed E-state index contributed by atoms with van der Waals surface area (Å²) in [4.78, 5) is 9.48. The number of anilines is 1. The lowest BCUT2D eigenvalue weighted by Crippen LogP contribution is -2.49. The molecule has 26 heavy (non-hydrogen) atoms. The summed E-state index contributed by atoms with van der Waals surface area (Å²) in [6, 6.07) is 6.61. The molecule has 1 aromatic rings. The highest BCUT2D eigenvalue weighted by Gasteiger charge is 2.19. The van der Waals surface area contributed by atoms with Crippen LogP contribution in [0.1, 0.15) is 30.4 Å². The number of nitrogens with one attached hydrogen (secondary N) is 1. The van der Waals surface area contributed by atoms with Crippen LogP contribution >= 0.6 is 24.0 Å². The van der Waals surface area contributed by atoms with Crippen molar-refractivity contribution >= 4 is 35.6 Å². The Morgan fingerprint density at radius 1 is 1.19 bits per heavy atom. The van der Waals surface area contributed by atoms with E-state index in [4.69, 9.17) is 5.73 Å². The number of halogens is 1. The van der Waals surface area contributed by atoms with E-state index in [0.717, 1.165) is 51.7 Å². The second-order valence-corrected chi connectivity index (χ2v) is 7.50. The lowest BCUT2D eigenvalue weighted by Gasteiger charge is -2.37. The molecular weight excluding hydrogens is 437 g/mol. The number of aliphatic imine (C=N–C) groups is 1. The fraction of sp³-hybridized carbons (Fsp3) is 0.650. The number of nitrogens with zero attached hydrogens (tertiary/aromatic N) is 3. The fourth-order valence-electron chi connectivity index (χ4n) is 3.59. The highest BCUT2D eigenvalue weighted by molar-refractivity contribution is 14.0. The molecule has 0 aromatic heterocycles. The third kappa shape index (κ3) is 5.74. The van der Waals surface area contributed by atoms with Crippen LogP contribution in [-0.2, 0) is 0 Å².